The fraction of sp³-hybridized carbons (Fsp3) is 0.0625. The zero-order valence-corrected chi connectivity index (χ0v) is 15.1. The molecule has 0 N–H and O–H groups in total. The smallest absolute Gasteiger partial charge is 0.258 e. The van der Waals surface area contributed by atoms with Crippen LogP contribution in [-0.2, 0) is 0 Å². The predicted molar refractivity (Wildman–Crippen MR) is 98.9 cm³/mol. The van der Waals surface area contributed by atoms with Crippen LogP contribution in [-0.4, -0.2) is 31.3 Å². The van der Waals surface area contributed by atoms with Crippen LogP contribution in [0.1, 0.15) is 5.56 Å². The first-order valence-electron chi connectivity index (χ1n) is 7.28. The van der Waals surface area contributed by atoms with Crippen molar-refractivity contribution in [1.82, 2.24) is 14.9 Å². The van der Waals surface area contributed by atoms with E-state index in [1.54, 1.807) is 16.8 Å². The fourth-order valence-electron chi connectivity index (χ4n) is 2.45. The molecule has 0 radical (unpaired) electrons. The minimum Gasteiger partial charge on any atom is -0.258 e. The fourth-order valence-corrected chi connectivity index (χ4v) is 3.69. The van der Waals surface area contributed by atoms with E-state index in [-0.39, 0.29) is 5.69 Å². The summed E-state index contributed by atoms with van der Waals surface area (Å²) in [6.45, 7) is 0. The number of nitro benzene ring substituents is 1. The van der Waals surface area contributed by atoms with Crippen LogP contribution in [0, 0.1) is 10.1 Å². The minimum atomic E-state index is -0.412. The lowest BCUT2D eigenvalue weighted by atomic mass is 10.1. The van der Waals surface area contributed by atoms with Gasteiger partial charge in [0.1, 0.15) is 0 Å². The molecular formula is C16H10BrN5O2S. The molecule has 0 atom stereocenters. The third kappa shape index (κ3) is 3.08. The molecule has 0 spiro atoms. The third-order valence-corrected chi connectivity index (χ3v) is 5.09. The second-order valence-electron chi connectivity index (χ2n) is 5.27. The molecule has 0 saturated heterocycles. The molecule has 2 aromatic carbocycles. The molecule has 124 valence electrons. The van der Waals surface area contributed by atoms with E-state index in [0.29, 0.717) is 11.6 Å². The topological polar surface area (TPSA) is 86.2 Å². The van der Waals surface area contributed by atoms with Gasteiger partial charge in [0.2, 0.25) is 5.16 Å². The molecular weight excluding hydrogens is 406 g/mol. The number of non-ortho nitro benzene ring substituents is 1. The number of hydrogen-bond donors (Lipinski definition) is 0. The van der Waals surface area contributed by atoms with Crippen LogP contribution in [0.4, 0.5) is 5.69 Å². The maximum absolute atomic E-state index is 10.8. The summed E-state index contributed by atoms with van der Waals surface area (Å²) in [7, 11) is 0. The van der Waals surface area contributed by atoms with Gasteiger partial charge in [0.15, 0.2) is 5.82 Å². The van der Waals surface area contributed by atoms with E-state index in [1.165, 1.54) is 23.9 Å². The highest BCUT2D eigenvalue weighted by atomic mass is 79.9. The van der Waals surface area contributed by atoms with Crippen molar-refractivity contribution < 1.29 is 4.92 Å². The Morgan fingerprint density at radius 1 is 1.12 bits per heavy atom. The molecule has 0 bridgehead atoms. The van der Waals surface area contributed by atoms with Gasteiger partial charge in [-0.25, -0.2) is 0 Å². The molecule has 9 heteroatoms. The Kier molecular flexibility index (Phi) is 4.10. The molecule has 1 aliphatic rings. The number of aromatic nitrogens is 3. The minimum absolute atomic E-state index is 0.0626. The molecule has 0 saturated carbocycles. The molecule has 4 rings (SSSR count). The average molecular weight is 416 g/mol. The summed E-state index contributed by atoms with van der Waals surface area (Å²) < 4.78 is 2.66. The zero-order chi connectivity index (χ0) is 17.4. The molecule has 0 amide bonds. The van der Waals surface area contributed by atoms with Crippen molar-refractivity contribution in [2.75, 3.05) is 5.75 Å². The van der Waals surface area contributed by atoms with Crippen LogP contribution < -0.4 is 0 Å². The lowest BCUT2D eigenvalue weighted by molar-refractivity contribution is -0.384. The van der Waals surface area contributed by atoms with E-state index in [4.69, 9.17) is 0 Å². The summed E-state index contributed by atoms with van der Waals surface area (Å²) in [6, 6.07) is 14.2. The number of fused-ring (bicyclic) bond motifs is 1. The number of rotatable bonds is 3. The highest BCUT2D eigenvalue weighted by molar-refractivity contribution is 9.10. The quantitative estimate of drug-likeness (QED) is 0.476. The number of hydrogen-bond acceptors (Lipinski definition) is 6. The number of halogens is 1. The second kappa shape index (κ2) is 6.41. The Balaban J connectivity index is 1.74. The second-order valence-corrected chi connectivity index (χ2v) is 7.13. The Morgan fingerprint density at radius 2 is 1.92 bits per heavy atom. The summed E-state index contributed by atoms with van der Waals surface area (Å²) in [5.74, 6) is 1.29. The van der Waals surface area contributed by atoms with E-state index in [9.17, 15) is 10.1 Å². The number of thioether (sulfide) groups is 1. The molecule has 1 aromatic heterocycles. The van der Waals surface area contributed by atoms with Gasteiger partial charge in [-0.2, -0.15) is 9.78 Å². The molecule has 0 fully saturated rings. The number of nitrogens with zero attached hydrogens (tertiary/aromatic N) is 5. The Labute approximate surface area is 155 Å². The summed E-state index contributed by atoms with van der Waals surface area (Å²) >= 11 is 4.99. The Bertz CT molecular complexity index is 1000. The summed E-state index contributed by atoms with van der Waals surface area (Å²) in [5, 5.41) is 24.6. The van der Waals surface area contributed by atoms with Gasteiger partial charge in [0.25, 0.3) is 5.69 Å². The number of nitro groups is 1. The standard InChI is InChI=1S/C16H10BrN5O2S/c17-12-3-1-2-11(8-12)15-18-19-16-21(15)20-14(9-25-16)10-4-6-13(7-5-10)22(23)24/h1-8H,9H2. The first-order chi connectivity index (χ1) is 12.1. The predicted octanol–water partition coefficient (Wildman–Crippen LogP) is 3.97. The van der Waals surface area contributed by atoms with E-state index < -0.39 is 4.92 Å². The van der Waals surface area contributed by atoms with Crippen molar-refractivity contribution in [2.24, 2.45) is 5.10 Å². The van der Waals surface area contributed by atoms with Gasteiger partial charge in [0, 0.05) is 27.9 Å². The van der Waals surface area contributed by atoms with Crippen LogP contribution >= 0.6 is 27.7 Å². The first-order valence-corrected chi connectivity index (χ1v) is 9.06. The maximum atomic E-state index is 10.8. The van der Waals surface area contributed by atoms with Gasteiger partial charge >= 0.3 is 0 Å². The van der Waals surface area contributed by atoms with Crippen molar-refractivity contribution in [3.63, 3.8) is 0 Å². The Hall–Kier alpha value is -2.52. The SMILES string of the molecule is O=[N+]([O-])c1ccc(C2=Nn3c(nnc3-c3cccc(Br)c3)SC2)cc1. The lowest BCUT2D eigenvalue weighted by Gasteiger charge is -2.14. The van der Waals surface area contributed by atoms with Crippen molar-refractivity contribution in [3.05, 3.63) is 68.7 Å². The van der Waals surface area contributed by atoms with Crippen molar-refractivity contribution in [1.29, 1.82) is 0 Å². The average Bonchev–Trinajstić information content (AvgIpc) is 3.05. The lowest BCUT2D eigenvalue weighted by Crippen LogP contribution is -2.13. The van der Waals surface area contributed by atoms with Gasteiger partial charge in [-0.3, -0.25) is 10.1 Å². The highest BCUT2D eigenvalue weighted by Crippen LogP contribution is 2.29. The van der Waals surface area contributed by atoms with E-state index in [0.717, 1.165) is 26.5 Å². The first kappa shape index (κ1) is 16.0. The maximum Gasteiger partial charge on any atom is 0.269 e. The zero-order valence-electron chi connectivity index (χ0n) is 12.7. The molecule has 2 heterocycles. The molecule has 7 nitrogen and oxygen atoms in total. The van der Waals surface area contributed by atoms with Gasteiger partial charge in [-0.1, -0.05) is 39.8 Å². The van der Waals surface area contributed by atoms with Crippen LogP contribution in [0.5, 0.6) is 0 Å². The van der Waals surface area contributed by atoms with Gasteiger partial charge in [-0.05, 0) is 29.8 Å². The Morgan fingerprint density at radius 3 is 2.64 bits per heavy atom. The third-order valence-electron chi connectivity index (χ3n) is 3.66. The van der Waals surface area contributed by atoms with Crippen LogP contribution in [0.2, 0.25) is 0 Å². The van der Waals surface area contributed by atoms with Crippen molar-refractivity contribution in [2.45, 2.75) is 5.16 Å². The van der Waals surface area contributed by atoms with Gasteiger partial charge in [0.05, 0.1) is 10.6 Å². The molecule has 3 aromatic rings. The monoisotopic (exact) mass is 415 g/mol. The summed E-state index contributed by atoms with van der Waals surface area (Å²) in [4.78, 5) is 10.4. The largest absolute Gasteiger partial charge is 0.269 e. The van der Waals surface area contributed by atoms with Crippen LogP contribution in [0.15, 0.2) is 63.3 Å². The molecule has 25 heavy (non-hydrogen) atoms. The van der Waals surface area contributed by atoms with Gasteiger partial charge < -0.3 is 0 Å². The van der Waals surface area contributed by atoms with E-state index >= 15 is 0 Å². The summed E-state index contributed by atoms with van der Waals surface area (Å²) in [5.41, 5.74) is 2.64. The summed E-state index contributed by atoms with van der Waals surface area (Å²) in [6.07, 6.45) is 0. The van der Waals surface area contributed by atoms with Gasteiger partial charge in [-0.15, -0.1) is 10.2 Å². The highest BCUT2D eigenvalue weighted by Gasteiger charge is 2.21. The molecule has 0 unspecified atom stereocenters. The van der Waals surface area contributed by atoms with Crippen molar-refractivity contribution in [3.8, 4) is 11.4 Å². The van der Waals surface area contributed by atoms with E-state index in [2.05, 4.69) is 31.2 Å². The van der Waals surface area contributed by atoms with Crippen LogP contribution in [0.25, 0.3) is 11.4 Å². The van der Waals surface area contributed by atoms with E-state index in [1.807, 2.05) is 24.3 Å². The normalized spacial score (nSPS) is 13.2. The molecule has 1 aliphatic heterocycles. The van der Waals surface area contributed by atoms with Crippen LogP contribution in [0.3, 0.4) is 0 Å². The number of benzene rings is 2. The molecule has 0 aliphatic carbocycles. The van der Waals surface area contributed by atoms with Crippen molar-refractivity contribution >= 4 is 39.1 Å².